The molecule has 6 heteroatoms. The molecule has 92 valence electrons. The Balaban J connectivity index is 2.42. The summed E-state index contributed by atoms with van der Waals surface area (Å²) in [6, 6.07) is 5.50. The number of rotatable bonds is 3. The third-order valence-corrected chi connectivity index (χ3v) is 3.07. The fourth-order valence-electron chi connectivity index (χ4n) is 1.45. The highest BCUT2D eigenvalue weighted by Gasteiger charge is 2.17. The molecule has 0 radical (unpaired) electrons. The molecule has 0 aliphatic carbocycles. The van der Waals surface area contributed by atoms with E-state index in [9.17, 15) is 14.0 Å². The molecule has 2 rings (SSSR count). The molecule has 1 aromatic heterocycles. The SMILES string of the molecule is CC(=O)N(c1ccc(F)cc1)c1nc(C=O)cs1. The van der Waals surface area contributed by atoms with Crippen molar-refractivity contribution < 1.29 is 14.0 Å². The molecule has 0 aliphatic heterocycles. The van der Waals surface area contributed by atoms with Crippen LogP contribution in [0.25, 0.3) is 0 Å². The minimum absolute atomic E-state index is 0.256. The van der Waals surface area contributed by atoms with E-state index in [0.29, 0.717) is 17.1 Å². The van der Waals surface area contributed by atoms with E-state index in [1.54, 1.807) is 5.38 Å². The second kappa shape index (κ2) is 5.05. The van der Waals surface area contributed by atoms with Crippen molar-refractivity contribution in [1.29, 1.82) is 0 Å². The summed E-state index contributed by atoms with van der Waals surface area (Å²) in [5.74, 6) is -0.636. The van der Waals surface area contributed by atoms with Gasteiger partial charge in [0.1, 0.15) is 11.5 Å². The van der Waals surface area contributed by atoms with Crippen LogP contribution in [0.5, 0.6) is 0 Å². The Kier molecular flexibility index (Phi) is 3.47. The van der Waals surface area contributed by atoms with Crippen molar-refractivity contribution in [1.82, 2.24) is 4.98 Å². The van der Waals surface area contributed by atoms with Gasteiger partial charge in [0.05, 0.1) is 5.69 Å². The number of anilines is 2. The quantitative estimate of drug-likeness (QED) is 0.801. The molecule has 0 spiro atoms. The molecule has 1 heterocycles. The predicted octanol–water partition coefficient (Wildman–Crippen LogP) is 2.78. The van der Waals surface area contributed by atoms with Crippen LogP contribution >= 0.6 is 11.3 Å². The van der Waals surface area contributed by atoms with Crippen molar-refractivity contribution in [3.63, 3.8) is 0 Å². The Morgan fingerprint density at radius 3 is 2.56 bits per heavy atom. The lowest BCUT2D eigenvalue weighted by atomic mass is 10.3. The van der Waals surface area contributed by atoms with Crippen molar-refractivity contribution in [3.8, 4) is 0 Å². The van der Waals surface area contributed by atoms with Crippen LogP contribution in [0.1, 0.15) is 17.4 Å². The zero-order valence-electron chi connectivity index (χ0n) is 9.46. The van der Waals surface area contributed by atoms with Crippen LogP contribution in [-0.2, 0) is 4.79 Å². The molecule has 0 bridgehead atoms. The summed E-state index contributed by atoms with van der Waals surface area (Å²) >= 11 is 1.18. The standard InChI is InChI=1S/C12H9FN2O2S/c1-8(17)15(11-4-2-9(13)3-5-11)12-14-10(6-16)7-18-12/h2-7H,1H3. The summed E-state index contributed by atoms with van der Waals surface area (Å²) in [4.78, 5) is 27.6. The van der Waals surface area contributed by atoms with Gasteiger partial charge in [0, 0.05) is 12.3 Å². The maximum absolute atomic E-state index is 12.8. The fourth-order valence-corrected chi connectivity index (χ4v) is 2.28. The topological polar surface area (TPSA) is 50.3 Å². The Morgan fingerprint density at radius 2 is 2.06 bits per heavy atom. The number of carbonyl (C=O) groups is 2. The number of benzene rings is 1. The normalized spacial score (nSPS) is 10.1. The van der Waals surface area contributed by atoms with Crippen molar-refractivity contribution in [2.75, 3.05) is 4.90 Å². The number of nitrogens with zero attached hydrogens (tertiary/aromatic N) is 2. The number of aromatic nitrogens is 1. The summed E-state index contributed by atoms with van der Waals surface area (Å²) in [6.45, 7) is 1.38. The molecule has 0 saturated heterocycles. The van der Waals surface area contributed by atoms with Crippen LogP contribution in [0.4, 0.5) is 15.2 Å². The molecule has 0 unspecified atom stereocenters. The number of carbonyl (C=O) groups excluding carboxylic acids is 2. The summed E-state index contributed by atoms with van der Waals surface area (Å²) in [7, 11) is 0. The van der Waals surface area contributed by atoms with Gasteiger partial charge in [-0.2, -0.15) is 0 Å². The first-order valence-corrected chi connectivity index (χ1v) is 5.97. The number of hydrogen-bond acceptors (Lipinski definition) is 4. The first kappa shape index (κ1) is 12.4. The van der Waals surface area contributed by atoms with Gasteiger partial charge in [-0.3, -0.25) is 14.5 Å². The second-order valence-electron chi connectivity index (χ2n) is 3.50. The highest BCUT2D eigenvalue weighted by molar-refractivity contribution is 7.14. The molecular formula is C12H9FN2O2S. The van der Waals surface area contributed by atoms with Crippen molar-refractivity contribution in [2.45, 2.75) is 6.92 Å². The molecule has 0 aliphatic rings. The Bertz CT molecular complexity index is 580. The third kappa shape index (κ3) is 2.43. The molecule has 2 aromatic rings. The van der Waals surface area contributed by atoms with Crippen LogP contribution in [0.3, 0.4) is 0 Å². The van der Waals surface area contributed by atoms with Gasteiger partial charge in [-0.05, 0) is 24.3 Å². The number of thiazole rings is 1. The summed E-state index contributed by atoms with van der Waals surface area (Å²) < 4.78 is 12.8. The number of amides is 1. The maximum Gasteiger partial charge on any atom is 0.230 e. The smallest absolute Gasteiger partial charge is 0.230 e. The molecule has 1 amide bonds. The number of hydrogen-bond donors (Lipinski definition) is 0. The molecule has 0 N–H and O–H groups in total. The maximum atomic E-state index is 12.8. The molecule has 0 fully saturated rings. The first-order valence-electron chi connectivity index (χ1n) is 5.09. The van der Waals surface area contributed by atoms with E-state index in [4.69, 9.17) is 0 Å². The predicted molar refractivity (Wildman–Crippen MR) is 66.7 cm³/mol. The van der Waals surface area contributed by atoms with Crippen molar-refractivity contribution in [2.24, 2.45) is 0 Å². The lowest BCUT2D eigenvalue weighted by Crippen LogP contribution is -2.22. The van der Waals surface area contributed by atoms with E-state index in [1.807, 2.05) is 0 Å². The summed E-state index contributed by atoms with van der Waals surface area (Å²) in [5, 5.41) is 1.94. The molecule has 4 nitrogen and oxygen atoms in total. The average Bonchev–Trinajstić information content (AvgIpc) is 2.80. The molecular weight excluding hydrogens is 255 g/mol. The minimum atomic E-state index is -0.380. The minimum Gasteiger partial charge on any atom is -0.296 e. The van der Waals surface area contributed by atoms with Gasteiger partial charge in [-0.15, -0.1) is 11.3 Å². The average molecular weight is 264 g/mol. The van der Waals surface area contributed by atoms with Gasteiger partial charge >= 0.3 is 0 Å². The van der Waals surface area contributed by atoms with E-state index >= 15 is 0 Å². The molecule has 1 aromatic carbocycles. The monoisotopic (exact) mass is 264 g/mol. The summed E-state index contributed by atoms with van der Waals surface area (Å²) in [6.07, 6.45) is 0.614. The van der Waals surface area contributed by atoms with Crippen LogP contribution in [0, 0.1) is 5.82 Å². The molecule has 0 atom stereocenters. The lowest BCUT2D eigenvalue weighted by Gasteiger charge is -2.17. The van der Waals surface area contributed by atoms with E-state index in [-0.39, 0.29) is 17.4 Å². The molecule has 18 heavy (non-hydrogen) atoms. The first-order chi connectivity index (χ1) is 8.61. The van der Waals surface area contributed by atoms with Gasteiger partial charge < -0.3 is 0 Å². The zero-order valence-corrected chi connectivity index (χ0v) is 10.3. The highest BCUT2D eigenvalue weighted by atomic mass is 32.1. The van der Waals surface area contributed by atoms with Gasteiger partial charge in [0.2, 0.25) is 5.91 Å². The van der Waals surface area contributed by atoms with Gasteiger partial charge in [0.15, 0.2) is 11.4 Å². The van der Waals surface area contributed by atoms with Gasteiger partial charge in [-0.25, -0.2) is 9.37 Å². The Morgan fingerprint density at radius 1 is 1.39 bits per heavy atom. The highest BCUT2D eigenvalue weighted by Crippen LogP contribution is 2.28. The number of aldehydes is 1. The van der Waals surface area contributed by atoms with Crippen molar-refractivity contribution >= 4 is 34.3 Å². The van der Waals surface area contributed by atoms with Crippen LogP contribution in [0.2, 0.25) is 0 Å². The third-order valence-electron chi connectivity index (χ3n) is 2.22. The second-order valence-corrected chi connectivity index (χ2v) is 4.34. The number of halogens is 1. The lowest BCUT2D eigenvalue weighted by molar-refractivity contribution is -0.115. The van der Waals surface area contributed by atoms with Crippen LogP contribution < -0.4 is 4.90 Å². The van der Waals surface area contributed by atoms with E-state index < -0.39 is 0 Å². The van der Waals surface area contributed by atoms with Crippen molar-refractivity contribution in [3.05, 3.63) is 41.2 Å². The molecule has 0 saturated carbocycles. The summed E-state index contributed by atoms with van der Waals surface area (Å²) in [5.41, 5.74) is 0.777. The van der Waals surface area contributed by atoms with E-state index in [1.165, 1.54) is 47.4 Å². The van der Waals surface area contributed by atoms with Crippen LogP contribution in [-0.4, -0.2) is 17.2 Å². The van der Waals surface area contributed by atoms with Gasteiger partial charge in [-0.1, -0.05) is 0 Å². The largest absolute Gasteiger partial charge is 0.296 e. The Labute approximate surface area is 107 Å². The van der Waals surface area contributed by atoms with Gasteiger partial charge in [0.25, 0.3) is 0 Å². The van der Waals surface area contributed by atoms with E-state index in [0.717, 1.165) is 0 Å². The Hall–Kier alpha value is -2.08. The van der Waals surface area contributed by atoms with Crippen LogP contribution in [0.15, 0.2) is 29.6 Å². The zero-order chi connectivity index (χ0) is 13.1. The van der Waals surface area contributed by atoms with E-state index in [2.05, 4.69) is 4.98 Å². The fraction of sp³-hybridized carbons (Fsp3) is 0.0833.